The lowest BCUT2D eigenvalue weighted by Crippen LogP contribution is -2.26. The van der Waals surface area contributed by atoms with Crippen LogP contribution >= 0.6 is 0 Å². The molecule has 0 aliphatic carbocycles. The van der Waals surface area contributed by atoms with E-state index in [0.29, 0.717) is 0 Å². The zero-order valence-electron chi connectivity index (χ0n) is 9.34. The number of aryl methyl sites for hydroxylation is 1. The van der Waals surface area contributed by atoms with Crippen LogP contribution in [-0.4, -0.2) is 32.1 Å². The Balaban J connectivity index is 2.24. The van der Waals surface area contributed by atoms with Crippen LogP contribution < -0.4 is 5.32 Å². The first kappa shape index (κ1) is 11.3. The van der Waals surface area contributed by atoms with Gasteiger partial charge in [-0.2, -0.15) is 0 Å². The summed E-state index contributed by atoms with van der Waals surface area (Å²) < 4.78 is 5.34. The highest BCUT2D eigenvalue weighted by Gasteiger charge is 2.02. The number of nitrogens with one attached hydrogen (secondary N) is 1. The van der Waals surface area contributed by atoms with Gasteiger partial charge in [0.1, 0.15) is 5.76 Å². The Morgan fingerprint density at radius 2 is 2.21 bits per heavy atom. The normalized spacial score (nSPS) is 11.1. The van der Waals surface area contributed by atoms with E-state index in [0.717, 1.165) is 31.8 Å². The molecule has 1 rings (SSSR count). The van der Waals surface area contributed by atoms with Gasteiger partial charge in [-0.05, 0) is 20.2 Å². The largest absolute Gasteiger partial charge is 0.469 e. The van der Waals surface area contributed by atoms with E-state index in [9.17, 15) is 0 Å². The van der Waals surface area contributed by atoms with E-state index in [1.807, 2.05) is 6.07 Å². The average Bonchev–Trinajstić information content (AvgIpc) is 2.59. The Kier molecular flexibility index (Phi) is 4.70. The highest BCUT2D eigenvalue weighted by Crippen LogP contribution is 2.10. The van der Waals surface area contributed by atoms with Gasteiger partial charge < -0.3 is 14.6 Å². The zero-order valence-corrected chi connectivity index (χ0v) is 9.34. The molecule has 0 aliphatic heterocycles. The molecule has 0 amide bonds. The van der Waals surface area contributed by atoms with Crippen LogP contribution in [0.4, 0.5) is 0 Å². The highest BCUT2D eigenvalue weighted by atomic mass is 16.3. The van der Waals surface area contributed by atoms with Crippen molar-refractivity contribution in [1.29, 1.82) is 0 Å². The van der Waals surface area contributed by atoms with Crippen LogP contribution in [0.2, 0.25) is 0 Å². The topological polar surface area (TPSA) is 28.4 Å². The molecule has 3 nitrogen and oxygen atoms in total. The fourth-order valence-electron chi connectivity index (χ4n) is 1.36. The zero-order chi connectivity index (χ0) is 10.4. The van der Waals surface area contributed by atoms with E-state index in [-0.39, 0.29) is 0 Å². The standard InChI is InChI=1S/C11H20N2O/c1-4-11-10(5-8-14-11)9-12-6-7-13(2)3/h5,8,12H,4,6-7,9H2,1-3H3. The van der Waals surface area contributed by atoms with E-state index in [1.54, 1.807) is 6.26 Å². The molecule has 1 N–H and O–H groups in total. The molecule has 1 aromatic heterocycles. The van der Waals surface area contributed by atoms with Gasteiger partial charge in [0.05, 0.1) is 6.26 Å². The molecule has 1 heterocycles. The summed E-state index contributed by atoms with van der Waals surface area (Å²) in [4.78, 5) is 2.17. The molecule has 0 saturated heterocycles. The number of rotatable bonds is 6. The number of hydrogen-bond donors (Lipinski definition) is 1. The molecule has 0 aliphatic rings. The highest BCUT2D eigenvalue weighted by molar-refractivity contribution is 5.16. The number of nitrogens with zero attached hydrogens (tertiary/aromatic N) is 1. The van der Waals surface area contributed by atoms with Crippen molar-refractivity contribution in [3.05, 3.63) is 23.7 Å². The number of likely N-dealkylation sites (N-methyl/N-ethyl adjacent to an activating group) is 1. The summed E-state index contributed by atoms with van der Waals surface area (Å²) in [7, 11) is 4.16. The van der Waals surface area contributed by atoms with E-state index >= 15 is 0 Å². The van der Waals surface area contributed by atoms with E-state index < -0.39 is 0 Å². The average molecular weight is 196 g/mol. The van der Waals surface area contributed by atoms with Gasteiger partial charge in [0.2, 0.25) is 0 Å². The summed E-state index contributed by atoms with van der Waals surface area (Å²) in [5.74, 6) is 1.10. The molecule has 0 saturated carbocycles. The van der Waals surface area contributed by atoms with Crippen LogP contribution in [0.1, 0.15) is 18.2 Å². The molecule has 0 aromatic carbocycles. The van der Waals surface area contributed by atoms with Crippen molar-refractivity contribution in [3.63, 3.8) is 0 Å². The van der Waals surface area contributed by atoms with Crippen LogP contribution in [0.3, 0.4) is 0 Å². The summed E-state index contributed by atoms with van der Waals surface area (Å²) in [6, 6.07) is 2.04. The molecular weight excluding hydrogens is 176 g/mol. The van der Waals surface area contributed by atoms with Gasteiger partial charge in [-0.25, -0.2) is 0 Å². The SMILES string of the molecule is CCc1occc1CNCCN(C)C. The van der Waals surface area contributed by atoms with Gasteiger partial charge >= 0.3 is 0 Å². The van der Waals surface area contributed by atoms with Gasteiger partial charge in [0.15, 0.2) is 0 Å². The van der Waals surface area contributed by atoms with Crippen molar-refractivity contribution in [3.8, 4) is 0 Å². The number of hydrogen-bond acceptors (Lipinski definition) is 3. The monoisotopic (exact) mass is 196 g/mol. The van der Waals surface area contributed by atoms with Crippen molar-refractivity contribution in [2.75, 3.05) is 27.2 Å². The van der Waals surface area contributed by atoms with Crippen LogP contribution in [0.5, 0.6) is 0 Å². The minimum atomic E-state index is 0.910. The predicted molar refractivity (Wildman–Crippen MR) is 58.3 cm³/mol. The second-order valence-corrected chi connectivity index (χ2v) is 3.70. The molecule has 0 bridgehead atoms. The fourth-order valence-corrected chi connectivity index (χ4v) is 1.36. The third-order valence-electron chi connectivity index (χ3n) is 2.21. The Morgan fingerprint density at radius 1 is 1.43 bits per heavy atom. The first-order valence-corrected chi connectivity index (χ1v) is 5.14. The summed E-state index contributed by atoms with van der Waals surface area (Å²) >= 11 is 0. The molecule has 80 valence electrons. The second-order valence-electron chi connectivity index (χ2n) is 3.70. The van der Waals surface area contributed by atoms with Gasteiger partial charge in [-0.1, -0.05) is 6.92 Å². The molecular formula is C11H20N2O. The van der Waals surface area contributed by atoms with Crippen molar-refractivity contribution in [2.45, 2.75) is 19.9 Å². The van der Waals surface area contributed by atoms with Gasteiger partial charge in [0, 0.05) is 31.6 Å². The maximum absolute atomic E-state index is 5.34. The first-order valence-electron chi connectivity index (χ1n) is 5.14. The summed E-state index contributed by atoms with van der Waals surface area (Å²) in [5, 5.41) is 3.39. The van der Waals surface area contributed by atoms with E-state index in [4.69, 9.17) is 4.42 Å². The lowest BCUT2D eigenvalue weighted by atomic mass is 10.2. The van der Waals surface area contributed by atoms with Crippen molar-refractivity contribution >= 4 is 0 Å². The van der Waals surface area contributed by atoms with Crippen LogP contribution in [-0.2, 0) is 13.0 Å². The molecule has 0 fully saturated rings. The van der Waals surface area contributed by atoms with Crippen molar-refractivity contribution in [2.24, 2.45) is 0 Å². The molecule has 14 heavy (non-hydrogen) atoms. The Morgan fingerprint density at radius 3 is 2.86 bits per heavy atom. The maximum atomic E-state index is 5.34. The molecule has 0 unspecified atom stereocenters. The molecule has 0 spiro atoms. The number of furan rings is 1. The van der Waals surface area contributed by atoms with Crippen LogP contribution in [0, 0.1) is 0 Å². The fraction of sp³-hybridized carbons (Fsp3) is 0.636. The lowest BCUT2D eigenvalue weighted by molar-refractivity contribution is 0.399. The molecule has 0 atom stereocenters. The Hall–Kier alpha value is -0.800. The van der Waals surface area contributed by atoms with Crippen LogP contribution in [0.15, 0.2) is 16.7 Å². The Bertz CT molecular complexity index is 256. The second kappa shape index (κ2) is 5.83. The third-order valence-corrected chi connectivity index (χ3v) is 2.21. The smallest absolute Gasteiger partial charge is 0.107 e. The third kappa shape index (κ3) is 3.52. The van der Waals surface area contributed by atoms with Gasteiger partial charge in [0.25, 0.3) is 0 Å². The first-order chi connectivity index (χ1) is 6.74. The van der Waals surface area contributed by atoms with E-state index in [2.05, 4.69) is 31.2 Å². The van der Waals surface area contributed by atoms with E-state index in [1.165, 1.54) is 5.56 Å². The molecule has 3 heteroatoms. The maximum Gasteiger partial charge on any atom is 0.107 e. The lowest BCUT2D eigenvalue weighted by Gasteiger charge is -2.09. The summed E-state index contributed by atoms with van der Waals surface area (Å²) in [6.45, 7) is 5.11. The van der Waals surface area contributed by atoms with Crippen molar-refractivity contribution < 1.29 is 4.42 Å². The minimum absolute atomic E-state index is 0.910. The van der Waals surface area contributed by atoms with Crippen molar-refractivity contribution in [1.82, 2.24) is 10.2 Å². The quantitative estimate of drug-likeness (QED) is 0.699. The predicted octanol–water partition coefficient (Wildman–Crippen LogP) is 1.49. The Labute approximate surface area is 86.1 Å². The summed E-state index contributed by atoms with van der Waals surface area (Å²) in [6.07, 6.45) is 2.74. The molecule has 0 radical (unpaired) electrons. The van der Waals surface area contributed by atoms with Gasteiger partial charge in [-0.3, -0.25) is 0 Å². The minimum Gasteiger partial charge on any atom is -0.469 e. The van der Waals surface area contributed by atoms with Gasteiger partial charge in [-0.15, -0.1) is 0 Å². The van der Waals surface area contributed by atoms with Crippen LogP contribution in [0.25, 0.3) is 0 Å². The molecule has 1 aromatic rings. The summed E-state index contributed by atoms with van der Waals surface area (Å²) in [5.41, 5.74) is 1.28.